The highest BCUT2D eigenvalue weighted by molar-refractivity contribution is 5.88. The quantitative estimate of drug-likeness (QED) is 0.649. The van der Waals surface area contributed by atoms with Crippen LogP contribution in [0, 0.1) is 5.41 Å². The van der Waals surface area contributed by atoms with Gasteiger partial charge in [-0.2, -0.15) is 0 Å². The predicted molar refractivity (Wildman–Crippen MR) is 59.0 cm³/mol. The molecule has 2 heteroatoms. The third-order valence-electron chi connectivity index (χ3n) is 2.66. The molecule has 2 nitrogen and oxygen atoms in total. The average Bonchev–Trinajstić information content (AvgIpc) is 2.15. The summed E-state index contributed by atoms with van der Waals surface area (Å²) in [7, 11) is 0. The molecule has 0 saturated heterocycles. The van der Waals surface area contributed by atoms with Crippen LogP contribution in [0.3, 0.4) is 0 Å². The maximum atomic E-state index is 11.9. The van der Waals surface area contributed by atoms with Crippen molar-refractivity contribution < 1.29 is 9.53 Å². The molecule has 2 rings (SSSR count). The molecule has 1 unspecified atom stereocenters. The van der Waals surface area contributed by atoms with E-state index in [9.17, 15) is 4.79 Å². The lowest BCUT2D eigenvalue weighted by atomic mass is 9.83. The minimum atomic E-state index is -0.313. The van der Waals surface area contributed by atoms with Crippen molar-refractivity contribution in [3.8, 4) is 5.75 Å². The fourth-order valence-electron chi connectivity index (χ4n) is 1.90. The lowest BCUT2D eigenvalue weighted by Crippen LogP contribution is -2.43. The Morgan fingerprint density at radius 3 is 2.60 bits per heavy atom. The molecule has 0 amide bonds. The number of Topliss-reactive ketones (excluding diaryl/α,β-unsaturated/α-hetero) is 1. The molecule has 1 heterocycles. The standard InChI is InChI=1S/C13H16O2/c1-13(2,3)12-10(14)8-9-6-4-5-7-11(9)15-12/h4-7,12H,8H2,1-3H3. The molecule has 0 fully saturated rings. The van der Waals surface area contributed by atoms with Crippen LogP contribution in [0.2, 0.25) is 0 Å². The van der Waals surface area contributed by atoms with Crippen LogP contribution in [0.15, 0.2) is 24.3 Å². The molecule has 1 aliphatic heterocycles. The van der Waals surface area contributed by atoms with Gasteiger partial charge in [-0.15, -0.1) is 0 Å². The Bertz CT molecular complexity index is 388. The summed E-state index contributed by atoms with van der Waals surface area (Å²) >= 11 is 0. The first kappa shape index (κ1) is 10.2. The maximum absolute atomic E-state index is 11.9. The number of para-hydroxylation sites is 1. The first-order valence-corrected chi connectivity index (χ1v) is 5.26. The highest BCUT2D eigenvalue weighted by Crippen LogP contribution is 2.32. The zero-order valence-electron chi connectivity index (χ0n) is 9.41. The minimum Gasteiger partial charge on any atom is -0.482 e. The van der Waals surface area contributed by atoms with E-state index in [0.29, 0.717) is 6.42 Å². The van der Waals surface area contributed by atoms with Gasteiger partial charge in [0.1, 0.15) is 5.75 Å². The zero-order valence-corrected chi connectivity index (χ0v) is 9.41. The van der Waals surface area contributed by atoms with Crippen molar-refractivity contribution in [3.05, 3.63) is 29.8 Å². The first-order valence-electron chi connectivity index (χ1n) is 5.26. The van der Waals surface area contributed by atoms with E-state index in [2.05, 4.69) is 0 Å². The molecule has 0 aliphatic carbocycles. The lowest BCUT2D eigenvalue weighted by molar-refractivity contribution is -0.131. The van der Waals surface area contributed by atoms with Crippen molar-refractivity contribution in [2.45, 2.75) is 33.3 Å². The number of fused-ring (bicyclic) bond motifs is 1. The largest absolute Gasteiger partial charge is 0.482 e. The Morgan fingerprint density at radius 2 is 1.93 bits per heavy atom. The Kier molecular flexibility index (Phi) is 2.29. The van der Waals surface area contributed by atoms with Gasteiger partial charge in [-0.05, 0) is 6.07 Å². The van der Waals surface area contributed by atoms with Crippen LogP contribution < -0.4 is 4.74 Å². The summed E-state index contributed by atoms with van der Waals surface area (Å²) in [4.78, 5) is 11.9. The van der Waals surface area contributed by atoms with Crippen molar-refractivity contribution in [3.63, 3.8) is 0 Å². The Labute approximate surface area is 90.3 Å². The lowest BCUT2D eigenvalue weighted by Gasteiger charge is -2.33. The third kappa shape index (κ3) is 1.89. The first-order chi connectivity index (χ1) is 6.98. The third-order valence-corrected chi connectivity index (χ3v) is 2.66. The summed E-state index contributed by atoms with van der Waals surface area (Å²) in [5.74, 6) is 1.04. The molecule has 0 N–H and O–H groups in total. The molecular weight excluding hydrogens is 188 g/mol. The van der Waals surface area contributed by atoms with Gasteiger partial charge in [0, 0.05) is 17.4 Å². The molecule has 0 aromatic heterocycles. The van der Waals surface area contributed by atoms with E-state index < -0.39 is 0 Å². The predicted octanol–water partition coefficient (Wildman–Crippen LogP) is 2.61. The minimum absolute atomic E-state index is 0.134. The average molecular weight is 204 g/mol. The summed E-state index contributed by atoms with van der Waals surface area (Å²) in [5, 5.41) is 0. The van der Waals surface area contributed by atoms with Crippen LogP contribution in [-0.4, -0.2) is 11.9 Å². The van der Waals surface area contributed by atoms with Crippen molar-refractivity contribution >= 4 is 5.78 Å². The monoisotopic (exact) mass is 204 g/mol. The highest BCUT2D eigenvalue weighted by Gasteiger charge is 2.36. The molecule has 1 aromatic carbocycles. The topological polar surface area (TPSA) is 26.3 Å². The maximum Gasteiger partial charge on any atom is 0.178 e. The van der Waals surface area contributed by atoms with Gasteiger partial charge in [-0.3, -0.25) is 4.79 Å². The number of benzene rings is 1. The van der Waals surface area contributed by atoms with Gasteiger partial charge in [0.2, 0.25) is 0 Å². The van der Waals surface area contributed by atoms with Crippen LogP contribution >= 0.6 is 0 Å². The van der Waals surface area contributed by atoms with Gasteiger partial charge in [-0.1, -0.05) is 39.0 Å². The van der Waals surface area contributed by atoms with E-state index in [1.807, 2.05) is 45.0 Å². The van der Waals surface area contributed by atoms with E-state index in [4.69, 9.17) is 4.74 Å². The highest BCUT2D eigenvalue weighted by atomic mass is 16.5. The van der Waals surface area contributed by atoms with Gasteiger partial charge in [0.15, 0.2) is 11.9 Å². The van der Waals surface area contributed by atoms with E-state index in [0.717, 1.165) is 11.3 Å². The molecule has 0 saturated carbocycles. The number of hydrogen-bond donors (Lipinski definition) is 0. The van der Waals surface area contributed by atoms with Gasteiger partial charge in [0.25, 0.3) is 0 Å². The number of hydrogen-bond acceptors (Lipinski definition) is 2. The van der Waals surface area contributed by atoms with Crippen LogP contribution in [0.4, 0.5) is 0 Å². The molecule has 1 aliphatic rings. The summed E-state index contributed by atoms with van der Waals surface area (Å²) in [5.41, 5.74) is 0.868. The SMILES string of the molecule is CC(C)(C)C1Oc2ccccc2CC1=O. The second-order valence-electron chi connectivity index (χ2n) is 5.11. The van der Waals surface area contributed by atoms with Crippen LogP contribution in [-0.2, 0) is 11.2 Å². The molecule has 0 radical (unpaired) electrons. The second-order valence-corrected chi connectivity index (χ2v) is 5.11. The van der Waals surface area contributed by atoms with E-state index >= 15 is 0 Å². The Morgan fingerprint density at radius 1 is 1.27 bits per heavy atom. The van der Waals surface area contributed by atoms with E-state index in [1.165, 1.54) is 0 Å². The van der Waals surface area contributed by atoms with Gasteiger partial charge < -0.3 is 4.74 Å². The molecule has 80 valence electrons. The summed E-state index contributed by atoms with van der Waals surface area (Å²) in [6.07, 6.45) is 0.186. The smallest absolute Gasteiger partial charge is 0.178 e. The summed E-state index contributed by atoms with van der Waals surface area (Å²) in [6, 6.07) is 7.76. The Hall–Kier alpha value is -1.31. The normalized spacial score (nSPS) is 20.7. The van der Waals surface area contributed by atoms with Crippen LogP contribution in [0.5, 0.6) is 5.75 Å². The van der Waals surface area contributed by atoms with Gasteiger partial charge >= 0.3 is 0 Å². The van der Waals surface area contributed by atoms with Crippen molar-refractivity contribution in [1.82, 2.24) is 0 Å². The molecule has 15 heavy (non-hydrogen) atoms. The number of ketones is 1. The fourth-order valence-corrected chi connectivity index (χ4v) is 1.90. The molecule has 1 aromatic rings. The van der Waals surface area contributed by atoms with E-state index in [1.54, 1.807) is 0 Å². The molecular formula is C13H16O2. The second kappa shape index (κ2) is 3.37. The number of ether oxygens (including phenoxy) is 1. The van der Waals surface area contributed by atoms with Crippen molar-refractivity contribution in [1.29, 1.82) is 0 Å². The summed E-state index contributed by atoms with van der Waals surface area (Å²) in [6.45, 7) is 6.09. The van der Waals surface area contributed by atoms with E-state index in [-0.39, 0.29) is 17.3 Å². The number of carbonyl (C=O) groups excluding carboxylic acids is 1. The Balaban J connectivity index is 2.34. The zero-order chi connectivity index (χ0) is 11.1. The number of rotatable bonds is 0. The fraction of sp³-hybridized carbons (Fsp3) is 0.462. The number of carbonyl (C=O) groups is 1. The molecule has 0 bridgehead atoms. The van der Waals surface area contributed by atoms with Crippen molar-refractivity contribution in [2.24, 2.45) is 5.41 Å². The van der Waals surface area contributed by atoms with Gasteiger partial charge in [-0.25, -0.2) is 0 Å². The van der Waals surface area contributed by atoms with Crippen LogP contribution in [0.1, 0.15) is 26.3 Å². The van der Waals surface area contributed by atoms with Crippen molar-refractivity contribution in [2.75, 3.05) is 0 Å². The summed E-state index contributed by atoms with van der Waals surface area (Å²) < 4.78 is 5.76. The molecule has 1 atom stereocenters. The molecule has 0 spiro atoms. The van der Waals surface area contributed by atoms with Crippen LogP contribution in [0.25, 0.3) is 0 Å². The van der Waals surface area contributed by atoms with Gasteiger partial charge in [0.05, 0.1) is 0 Å².